The highest BCUT2D eigenvalue weighted by atomic mass is 32.2. The molecule has 0 atom stereocenters. The van der Waals surface area contributed by atoms with Crippen LogP contribution < -0.4 is 5.43 Å². The van der Waals surface area contributed by atoms with Gasteiger partial charge < -0.3 is 5.11 Å². The van der Waals surface area contributed by atoms with Crippen molar-refractivity contribution in [2.45, 2.75) is 49.8 Å². The highest BCUT2D eigenvalue weighted by Gasteiger charge is 2.37. The molecule has 0 amide bonds. The van der Waals surface area contributed by atoms with Gasteiger partial charge in [-0.3, -0.25) is 5.43 Å². The Hall–Kier alpha value is -1.16. The molecule has 1 spiro atoms. The van der Waals surface area contributed by atoms with E-state index in [1.54, 1.807) is 17.8 Å². The predicted octanol–water partition coefficient (Wildman–Crippen LogP) is 3.83. The molecule has 2 N–H and O–H groups in total. The van der Waals surface area contributed by atoms with Crippen LogP contribution in [0, 0.1) is 0 Å². The lowest BCUT2D eigenvalue weighted by Crippen LogP contribution is -2.36. The average molecular weight is 276 g/mol. The largest absolute Gasteiger partial charge is 0.507 e. The van der Waals surface area contributed by atoms with Crippen molar-refractivity contribution < 1.29 is 5.11 Å². The molecular weight excluding hydrogens is 256 g/mol. The lowest BCUT2D eigenvalue weighted by Gasteiger charge is -2.29. The van der Waals surface area contributed by atoms with Crippen molar-refractivity contribution in [3.05, 3.63) is 29.8 Å². The molecule has 0 unspecified atom stereocenters. The van der Waals surface area contributed by atoms with E-state index in [1.807, 2.05) is 18.2 Å². The monoisotopic (exact) mass is 276 g/mol. The molecule has 4 heteroatoms. The van der Waals surface area contributed by atoms with Gasteiger partial charge in [-0.25, -0.2) is 0 Å². The van der Waals surface area contributed by atoms with Crippen molar-refractivity contribution in [1.29, 1.82) is 0 Å². The number of hydrogen-bond acceptors (Lipinski definition) is 4. The molecule has 1 aromatic rings. The molecule has 1 aliphatic carbocycles. The zero-order valence-electron chi connectivity index (χ0n) is 11.1. The van der Waals surface area contributed by atoms with Crippen LogP contribution in [0.4, 0.5) is 0 Å². The van der Waals surface area contributed by atoms with Gasteiger partial charge in [0.25, 0.3) is 0 Å². The Morgan fingerprint density at radius 2 is 1.74 bits per heavy atom. The van der Waals surface area contributed by atoms with Crippen molar-refractivity contribution in [3.63, 3.8) is 0 Å². The van der Waals surface area contributed by atoms with Crippen LogP contribution in [0.25, 0.3) is 0 Å². The Morgan fingerprint density at radius 3 is 2.47 bits per heavy atom. The minimum absolute atomic E-state index is 0.0675. The summed E-state index contributed by atoms with van der Waals surface area (Å²) in [5, 5.41) is 15.4. The summed E-state index contributed by atoms with van der Waals surface area (Å²) in [7, 11) is 0. The SMILES string of the molecule is Oc1ccccc1C1=NNC2(CCCCCCC2)S1. The summed E-state index contributed by atoms with van der Waals surface area (Å²) < 4.78 is 0. The molecule has 2 aliphatic rings. The van der Waals surface area contributed by atoms with Crippen LogP contribution in [-0.4, -0.2) is 15.0 Å². The molecule has 1 heterocycles. The number of para-hydroxylation sites is 1. The zero-order valence-corrected chi connectivity index (χ0v) is 11.9. The fourth-order valence-electron chi connectivity index (χ4n) is 2.84. The zero-order chi connectivity index (χ0) is 13.1. The van der Waals surface area contributed by atoms with Crippen molar-refractivity contribution in [3.8, 4) is 5.75 Å². The summed E-state index contributed by atoms with van der Waals surface area (Å²) in [4.78, 5) is 0.0675. The minimum atomic E-state index is 0.0675. The van der Waals surface area contributed by atoms with E-state index in [2.05, 4.69) is 10.5 Å². The number of hydrazone groups is 1. The van der Waals surface area contributed by atoms with E-state index in [1.165, 1.54) is 32.1 Å². The number of thioether (sulfide) groups is 1. The van der Waals surface area contributed by atoms with Gasteiger partial charge in [-0.15, -0.1) is 0 Å². The second-order valence-corrected chi connectivity index (χ2v) is 6.78. The normalized spacial score (nSPS) is 22.4. The van der Waals surface area contributed by atoms with Gasteiger partial charge in [-0.2, -0.15) is 5.10 Å². The Balaban J connectivity index is 1.76. The summed E-state index contributed by atoms with van der Waals surface area (Å²) in [5.74, 6) is 0.318. The van der Waals surface area contributed by atoms with Gasteiger partial charge >= 0.3 is 0 Å². The van der Waals surface area contributed by atoms with Gasteiger partial charge in [0.2, 0.25) is 0 Å². The number of aromatic hydroxyl groups is 1. The van der Waals surface area contributed by atoms with Gasteiger partial charge in [0.1, 0.15) is 15.7 Å². The second kappa shape index (κ2) is 5.45. The minimum Gasteiger partial charge on any atom is -0.507 e. The Bertz CT molecular complexity index is 479. The van der Waals surface area contributed by atoms with E-state index in [0.717, 1.165) is 23.4 Å². The molecule has 0 saturated heterocycles. The van der Waals surface area contributed by atoms with Crippen LogP contribution in [0.5, 0.6) is 5.75 Å². The molecule has 0 radical (unpaired) electrons. The summed E-state index contributed by atoms with van der Waals surface area (Å²) in [6.45, 7) is 0. The van der Waals surface area contributed by atoms with E-state index in [4.69, 9.17) is 0 Å². The van der Waals surface area contributed by atoms with Crippen LogP contribution in [-0.2, 0) is 0 Å². The number of nitrogens with one attached hydrogen (secondary N) is 1. The fourth-order valence-corrected chi connectivity index (χ4v) is 4.17. The average Bonchev–Trinajstić information content (AvgIpc) is 2.80. The number of phenolic OH excluding ortho intramolecular Hbond substituents is 1. The molecular formula is C15H20N2OS. The summed E-state index contributed by atoms with van der Waals surface area (Å²) in [6, 6.07) is 7.45. The maximum atomic E-state index is 9.94. The third-order valence-corrected chi connectivity index (χ3v) is 5.34. The lowest BCUT2D eigenvalue weighted by atomic mass is 9.96. The third-order valence-electron chi connectivity index (χ3n) is 3.95. The number of hydrogen-bond donors (Lipinski definition) is 2. The predicted molar refractivity (Wildman–Crippen MR) is 80.4 cm³/mol. The first-order valence-electron chi connectivity index (χ1n) is 7.11. The van der Waals surface area contributed by atoms with E-state index >= 15 is 0 Å². The Morgan fingerprint density at radius 1 is 1.05 bits per heavy atom. The first kappa shape index (κ1) is 12.9. The van der Waals surface area contributed by atoms with Gasteiger partial charge in [-0.05, 0) is 25.0 Å². The lowest BCUT2D eigenvalue weighted by molar-refractivity contribution is 0.369. The van der Waals surface area contributed by atoms with Crippen molar-refractivity contribution in [1.82, 2.24) is 5.43 Å². The van der Waals surface area contributed by atoms with Crippen LogP contribution in [0.2, 0.25) is 0 Å². The van der Waals surface area contributed by atoms with E-state index in [-0.39, 0.29) is 4.87 Å². The Kier molecular flexibility index (Phi) is 3.69. The number of phenols is 1. The first-order valence-corrected chi connectivity index (χ1v) is 7.93. The fraction of sp³-hybridized carbons (Fsp3) is 0.533. The van der Waals surface area contributed by atoms with Crippen LogP contribution >= 0.6 is 11.8 Å². The summed E-state index contributed by atoms with van der Waals surface area (Å²) >= 11 is 1.80. The molecule has 1 fully saturated rings. The molecule has 3 rings (SSSR count). The number of rotatable bonds is 1. The van der Waals surface area contributed by atoms with Crippen molar-refractivity contribution >= 4 is 16.8 Å². The highest BCUT2D eigenvalue weighted by Crippen LogP contribution is 2.42. The quantitative estimate of drug-likeness (QED) is 0.819. The molecule has 1 aliphatic heterocycles. The molecule has 0 aromatic heterocycles. The molecule has 1 aromatic carbocycles. The highest BCUT2D eigenvalue weighted by molar-refractivity contribution is 8.15. The number of benzene rings is 1. The topological polar surface area (TPSA) is 44.6 Å². The third kappa shape index (κ3) is 2.73. The van der Waals surface area contributed by atoms with Gasteiger partial charge in [0.05, 0.1) is 5.56 Å². The van der Waals surface area contributed by atoms with Crippen LogP contribution in [0.15, 0.2) is 29.4 Å². The number of nitrogens with zero attached hydrogens (tertiary/aromatic N) is 1. The van der Waals surface area contributed by atoms with Gasteiger partial charge in [-0.1, -0.05) is 56.0 Å². The summed E-state index contributed by atoms with van der Waals surface area (Å²) in [6.07, 6.45) is 8.89. The van der Waals surface area contributed by atoms with E-state index in [9.17, 15) is 5.11 Å². The van der Waals surface area contributed by atoms with Gasteiger partial charge in [0.15, 0.2) is 0 Å². The first-order chi connectivity index (χ1) is 9.29. The molecule has 19 heavy (non-hydrogen) atoms. The van der Waals surface area contributed by atoms with E-state index in [0.29, 0.717) is 5.75 Å². The standard InChI is InChI=1S/C15H20N2OS/c18-13-9-5-4-8-12(13)14-16-17-15(19-14)10-6-2-1-3-7-11-15/h4-5,8-9,17-18H,1-3,6-7,10-11H2. The van der Waals surface area contributed by atoms with Crippen LogP contribution in [0.3, 0.4) is 0 Å². The molecule has 1 saturated carbocycles. The second-order valence-electron chi connectivity index (χ2n) is 5.41. The van der Waals surface area contributed by atoms with E-state index < -0.39 is 0 Å². The maximum Gasteiger partial charge on any atom is 0.129 e. The smallest absolute Gasteiger partial charge is 0.129 e. The van der Waals surface area contributed by atoms with Crippen LogP contribution in [0.1, 0.15) is 50.5 Å². The van der Waals surface area contributed by atoms with Crippen molar-refractivity contribution in [2.75, 3.05) is 0 Å². The van der Waals surface area contributed by atoms with Crippen molar-refractivity contribution in [2.24, 2.45) is 5.10 Å². The molecule has 3 nitrogen and oxygen atoms in total. The molecule has 0 bridgehead atoms. The molecule has 102 valence electrons. The summed E-state index contributed by atoms with van der Waals surface area (Å²) in [5.41, 5.74) is 4.20. The maximum absolute atomic E-state index is 9.94. The Labute approximate surface area is 118 Å². The van der Waals surface area contributed by atoms with Gasteiger partial charge in [0, 0.05) is 0 Å².